The molecule has 0 atom stereocenters. The first-order valence-electron chi connectivity index (χ1n) is 5.81. The molecule has 23 heavy (non-hydrogen) atoms. The second-order valence-electron chi connectivity index (χ2n) is 4.28. The third-order valence-electron chi connectivity index (χ3n) is 2.71. The van der Waals surface area contributed by atoms with Gasteiger partial charge in [-0.25, -0.2) is 17.6 Å². The van der Waals surface area contributed by atoms with Crippen LogP contribution in [-0.4, -0.2) is 6.29 Å². The summed E-state index contributed by atoms with van der Waals surface area (Å²) in [5.41, 5.74) is -2.71. The Kier molecular flexibility index (Phi) is 4.69. The van der Waals surface area contributed by atoms with Crippen LogP contribution in [0, 0.1) is 23.3 Å². The topological polar surface area (TPSA) is 26.3 Å². The molecule has 122 valence electrons. The number of halogens is 7. The molecular formula is C14H5BrF6O2. The largest absolute Gasteiger partial charge is 0.432 e. The highest BCUT2D eigenvalue weighted by Crippen LogP contribution is 2.36. The number of carbonyl (C=O) groups is 1. The molecule has 0 aliphatic rings. The zero-order valence-corrected chi connectivity index (χ0v) is 12.4. The van der Waals surface area contributed by atoms with Gasteiger partial charge in [0.25, 0.3) is 0 Å². The van der Waals surface area contributed by atoms with Gasteiger partial charge in [0.15, 0.2) is 6.29 Å². The SMILES string of the molecule is O=Cc1c(F)cc(OC(F)(F)c2c(F)cc(Br)cc2F)cc1F. The van der Waals surface area contributed by atoms with Gasteiger partial charge in [0, 0.05) is 16.6 Å². The van der Waals surface area contributed by atoms with E-state index < -0.39 is 46.3 Å². The van der Waals surface area contributed by atoms with Gasteiger partial charge < -0.3 is 4.74 Å². The Labute approximate surface area is 133 Å². The van der Waals surface area contributed by atoms with E-state index in [9.17, 15) is 31.1 Å². The van der Waals surface area contributed by atoms with E-state index in [1.807, 2.05) is 0 Å². The smallest absolute Gasteiger partial charge is 0.429 e. The fourth-order valence-corrected chi connectivity index (χ4v) is 2.15. The standard InChI is InChI=1S/C14H5BrF6O2/c15-6-1-11(18)13(12(19)2-6)14(20,21)23-7-3-9(16)8(5-22)10(17)4-7/h1-5H. The molecule has 0 fully saturated rings. The van der Waals surface area contributed by atoms with Crippen molar-refractivity contribution < 1.29 is 35.9 Å². The van der Waals surface area contributed by atoms with Gasteiger partial charge in [-0.05, 0) is 12.1 Å². The molecule has 0 saturated heterocycles. The maximum Gasteiger partial charge on any atom is 0.432 e. The van der Waals surface area contributed by atoms with Gasteiger partial charge in [-0.3, -0.25) is 4.79 Å². The van der Waals surface area contributed by atoms with Crippen molar-refractivity contribution in [3.8, 4) is 5.75 Å². The molecule has 0 aliphatic carbocycles. The van der Waals surface area contributed by atoms with Crippen LogP contribution in [0.3, 0.4) is 0 Å². The van der Waals surface area contributed by atoms with Crippen molar-refractivity contribution in [2.75, 3.05) is 0 Å². The van der Waals surface area contributed by atoms with E-state index in [1.165, 1.54) is 0 Å². The van der Waals surface area contributed by atoms with Crippen molar-refractivity contribution in [1.82, 2.24) is 0 Å². The zero-order valence-electron chi connectivity index (χ0n) is 10.8. The summed E-state index contributed by atoms with van der Waals surface area (Å²) >= 11 is 2.72. The van der Waals surface area contributed by atoms with Gasteiger partial charge >= 0.3 is 6.11 Å². The average Bonchev–Trinajstić information content (AvgIpc) is 2.35. The van der Waals surface area contributed by atoms with E-state index in [1.54, 1.807) is 0 Å². The highest BCUT2D eigenvalue weighted by molar-refractivity contribution is 9.10. The van der Waals surface area contributed by atoms with Gasteiger partial charge in [-0.1, -0.05) is 15.9 Å². The lowest BCUT2D eigenvalue weighted by Gasteiger charge is -2.19. The first-order chi connectivity index (χ1) is 10.7. The molecule has 0 bridgehead atoms. The average molecular weight is 399 g/mol. The molecule has 0 heterocycles. The molecule has 0 spiro atoms. The number of alkyl halides is 2. The van der Waals surface area contributed by atoms with Crippen LogP contribution in [0.4, 0.5) is 26.3 Å². The molecule has 0 radical (unpaired) electrons. The molecule has 2 aromatic carbocycles. The van der Waals surface area contributed by atoms with Crippen molar-refractivity contribution in [3.63, 3.8) is 0 Å². The molecule has 2 nitrogen and oxygen atoms in total. The maximum absolute atomic E-state index is 13.9. The summed E-state index contributed by atoms with van der Waals surface area (Å²) in [5, 5.41) is 0. The minimum atomic E-state index is -4.55. The lowest BCUT2D eigenvalue weighted by Crippen LogP contribution is -2.25. The minimum Gasteiger partial charge on any atom is -0.429 e. The van der Waals surface area contributed by atoms with E-state index in [4.69, 9.17) is 0 Å². The first kappa shape index (κ1) is 17.3. The molecule has 0 amide bonds. The van der Waals surface area contributed by atoms with Gasteiger partial charge in [-0.2, -0.15) is 8.78 Å². The van der Waals surface area contributed by atoms with Crippen LogP contribution in [0.5, 0.6) is 5.75 Å². The molecular weight excluding hydrogens is 394 g/mol. The monoisotopic (exact) mass is 398 g/mol. The Morgan fingerprint density at radius 2 is 1.39 bits per heavy atom. The van der Waals surface area contributed by atoms with Crippen LogP contribution < -0.4 is 4.74 Å². The Hall–Kier alpha value is -2.03. The van der Waals surface area contributed by atoms with Crippen LogP contribution in [0.1, 0.15) is 15.9 Å². The van der Waals surface area contributed by atoms with E-state index in [0.29, 0.717) is 24.3 Å². The number of benzene rings is 2. The number of hydrogen-bond acceptors (Lipinski definition) is 2. The van der Waals surface area contributed by atoms with Gasteiger partial charge in [0.1, 0.15) is 34.6 Å². The van der Waals surface area contributed by atoms with Crippen LogP contribution >= 0.6 is 15.9 Å². The second kappa shape index (κ2) is 6.23. The van der Waals surface area contributed by atoms with E-state index >= 15 is 0 Å². The highest BCUT2D eigenvalue weighted by atomic mass is 79.9. The number of ether oxygens (including phenoxy) is 1. The Morgan fingerprint density at radius 3 is 1.83 bits per heavy atom. The van der Waals surface area contributed by atoms with E-state index in [-0.39, 0.29) is 10.8 Å². The van der Waals surface area contributed by atoms with Gasteiger partial charge in [-0.15, -0.1) is 0 Å². The summed E-state index contributed by atoms with van der Waals surface area (Å²) in [6, 6.07) is 1.75. The second-order valence-corrected chi connectivity index (χ2v) is 5.20. The first-order valence-corrected chi connectivity index (χ1v) is 6.61. The molecule has 9 heteroatoms. The van der Waals surface area contributed by atoms with Gasteiger partial charge in [0.05, 0.1) is 5.56 Å². The van der Waals surface area contributed by atoms with Crippen LogP contribution in [0.2, 0.25) is 0 Å². The number of aldehydes is 1. The lowest BCUT2D eigenvalue weighted by atomic mass is 10.1. The number of carbonyl (C=O) groups excluding carboxylic acids is 1. The number of rotatable bonds is 4. The van der Waals surface area contributed by atoms with Crippen molar-refractivity contribution in [3.05, 3.63) is 63.1 Å². The van der Waals surface area contributed by atoms with Crippen LogP contribution in [0.15, 0.2) is 28.7 Å². The van der Waals surface area contributed by atoms with Crippen LogP contribution in [0.25, 0.3) is 0 Å². The van der Waals surface area contributed by atoms with E-state index in [0.717, 1.165) is 0 Å². The highest BCUT2D eigenvalue weighted by Gasteiger charge is 2.41. The maximum atomic E-state index is 13.9. The molecule has 0 aliphatic heterocycles. The quantitative estimate of drug-likeness (QED) is 0.538. The fourth-order valence-electron chi connectivity index (χ4n) is 1.75. The predicted octanol–water partition coefficient (Wildman–Crippen LogP) is 4.95. The summed E-state index contributed by atoms with van der Waals surface area (Å²) in [7, 11) is 0. The number of hydrogen-bond donors (Lipinski definition) is 0. The molecule has 0 unspecified atom stereocenters. The van der Waals surface area contributed by atoms with Crippen LogP contribution in [-0.2, 0) is 6.11 Å². The Morgan fingerprint density at radius 1 is 0.913 bits per heavy atom. The predicted molar refractivity (Wildman–Crippen MR) is 70.3 cm³/mol. The summed E-state index contributed by atoms with van der Waals surface area (Å²) in [5.74, 6) is -7.19. The summed E-state index contributed by atoms with van der Waals surface area (Å²) in [6.45, 7) is 0. The van der Waals surface area contributed by atoms with E-state index in [2.05, 4.69) is 20.7 Å². The summed E-state index contributed by atoms with van der Waals surface area (Å²) in [6.07, 6.45) is -4.70. The Balaban J connectivity index is 2.45. The molecule has 2 rings (SSSR count). The molecule has 2 aromatic rings. The molecule has 0 aromatic heterocycles. The fraction of sp³-hybridized carbons (Fsp3) is 0.0714. The lowest BCUT2D eigenvalue weighted by molar-refractivity contribution is -0.189. The van der Waals surface area contributed by atoms with Crippen molar-refractivity contribution >= 4 is 22.2 Å². The van der Waals surface area contributed by atoms with Crippen molar-refractivity contribution in [2.45, 2.75) is 6.11 Å². The zero-order chi connectivity index (χ0) is 17.4. The normalized spacial score (nSPS) is 11.4. The third-order valence-corrected chi connectivity index (χ3v) is 3.17. The van der Waals surface area contributed by atoms with Crippen molar-refractivity contribution in [1.29, 1.82) is 0 Å². The third kappa shape index (κ3) is 3.49. The Bertz CT molecular complexity index is 732. The van der Waals surface area contributed by atoms with Gasteiger partial charge in [0.2, 0.25) is 0 Å². The van der Waals surface area contributed by atoms with Crippen molar-refractivity contribution in [2.24, 2.45) is 0 Å². The minimum absolute atomic E-state index is 0.125. The summed E-state index contributed by atoms with van der Waals surface area (Å²) < 4.78 is 85.5. The molecule has 0 N–H and O–H groups in total. The molecule has 0 saturated carbocycles. The summed E-state index contributed by atoms with van der Waals surface area (Å²) in [4.78, 5) is 10.4.